The molecule has 0 aromatic rings. The van der Waals surface area contributed by atoms with Crippen LogP contribution in [-0.4, -0.2) is 28.8 Å². The van der Waals surface area contributed by atoms with Crippen LogP contribution in [0.2, 0.25) is 0 Å². The predicted molar refractivity (Wildman–Crippen MR) is 95.5 cm³/mol. The molecule has 0 aromatic carbocycles. The minimum Gasteiger partial charge on any atom is -0.469 e. The van der Waals surface area contributed by atoms with Gasteiger partial charge in [0.25, 0.3) is 0 Å². The summed E-state index contributed by atoms with van der Waals surface area (Å²) in [6.45, 7) is 2.19. The second-order valence-electron chi connectivity index (χ2n) is 5.73. The summed E-state index contributed by atoms with van der Waals surface area (Å²) in [5.74, 6) is 1.46. The first kappa shape index (κ1) is 21.4. The van der Waals surface area contributed by atoms with Crippen molar-refractivity contribution < 1.29 is 13.7 Å². The molecule has 0 amide bonds. The quantitative estimate of drug-likeness (QED) is 0.247. The first-order valence-electron chi connectivity index (χ1n) is 8.77. The van der Waals surface area contributed by atoms with Crippen molar-refractivity contribution >= 4 is 16.8 Å². The Balaban J connectivity index is 3.29. The molecule has 0 aliphatic carbocycles. The van der Waals surface area contributed by atoms with E-state index in [9.17, 15) is 9.00 Å². The summed E-state index contributed by atoms with van der Waals surface area (Å²) in [7, 11) is 0.766. The maximum atomic E-state index is 11.7. The molecule has 0 bridgehead atoms. The number of carbonyl (C=O) groups excluding carboxylic acids is 1. The van der Waals surface area contributed by atoms with Gasteiger partial charge in [0.05, 0.1) is 7.11 Å². The number of carbonyl (C=O) groups is 1. The monoisotopic (exact) mass is 330 g/mol. The molecule has 0 N–H and O–H groups in total. The molecule has 130 valence electrons. The van der Waals surface area contributed by atoms with Gasteiger partial charge in [-0.2, -0.15) is 0 Å². The summed E-state index contributed by atoms with van der Waals surface area (Å²) < 4.78 is 16.3. The third-order valence-electron chi connectivity index (χ3n) is 3.65. The predicted octanol–water partition coefficient (Wildman–Crippen LogP) is 4.78. The van der Waals surface area contributed by atoms with Gasteiger partial charge in [-0.05, 0) is 25.7 Å². The second-order valence-corrected chi connectivity index (χ2v) is 7.35. The average Bonchev–Trinajstić information content (AvgIpc) is 2.53. The molecular formula is C18H34O3S. The van der Waals surface area contributed by atoms with Crippen molar-refractivity contribution in [1.29, 1.82) is 0 Å². The molecule has 0 saturated heterocycles. The lowest BCUT2D eigenvalue weighted by Gasteiger charge is -2.00. The van der Waals surface area contributed by atoms with Crippen LogP contribution >= 0.6 is 0 Å². The van der Waals surface area contributed by atoms with Crippen LogP contribution in [0.3, 0.4) is 0 Å². The Hall–Kier alpha value is -0.640. The molecule has 0 fully saturated rings. The van der Waals surface area contributed by atoms with Crippen LogP contribution in [0.1, 0.15) is 77.6 Å². The van der Waals surface area contributed by atoms with E-state index in [1.54, 1.807) is 0 Å². The molecule has 0 spiro atoms. The molecule has 0 rings (SSSR count). The van der Waals surface area contributed by atoms with Crippen LogP contribution in [0, 0.1) is 0 Å². The van der Waals surface area contributed by atoms with Gasteiger partial charge in [-0.1, -0.05) is 57.6 Å². The van der Waals surface area contributed by atoms with Crippen molar-refractivity contribution in [1.82, 2.24) is 0 Å². The van der Waals surface area contributed by atoms with Crippen molar-refractivity contribution in [2.24, 2.45) is 0 Å². The van der Waals surface area contributed by atoms with E-state index in [0.29, 0.717) is 12.2 Å². The third-order valence-corrected chi connectivity index (χ3v) is 4.96. The molecule has 0 radical (unpaired) electrons. The standard InChI is InChI=1S/C18H34O3S/c1-3-4-5-13-16-22(20)17-14-11-9-7-6-8-10-12-15-18(19)21-2/h11,14H,3-10,12-13,15-17H2,1-2H3/b14-11-. The number of hydrogen-bond donors (Lipinski definition) is 0. The Morgan fingerprint density at radius 3 is 2.36 bits per heavy atom. The number of unbranched alkanes of at least 4 members (excludes halogenated alkanes) is 8. The minimum absolute atomic E-state index is 0.106. The van der Waals surface area contributed by atoms with E-state index in [2.05, 4.69) is 23.8 Å². The van der Waals surface area contributed by atoms with Crippen molar-refractivity contribution in [2.75, 3.05) is 18.6 Å². The molecule has 3 nitrogen and oxygen atoms in total. The summed E-state index contributed by atoms with van der Waals surface area (Å²) in [5, 5.41) is 0. The van der Waals surface area contributed by atoms with E-state index in [1.165, 1.54) is 45.6 Å². The fourth-order valence-corrected chi connectivity index (χ4v) is 3.27. The Labute approximate surface area is 139 Å². The lowest BCUT2D eigenvalue weighted by atomic mass is 10.1. The maximum Gasteiger partial charge on any atom is 0.305 e. The molecule has 0 aromatic heterocycles. The van der Waals surface area contributed by atoms with Crippen LogP contribution in [0.25, 0.3) is 0 Å². The van der Waals surface area contributed by atoms with Crippen LogP contribution in [-0.2, 0) is 20.3 Å². The highest BCUT2D eigenvalue weighted by molar-refractivity contribution is 7.85. The van der Waals surface area contributed by atoms with E-state index >= 15 is 0 Å². The van der Waals surface area contributed by atoms with Gasteiger partial charge < -0.3 is 4.74 Å². The van der Waals surface area contributed by atoms with Crippen LogP contribution < -0.4 is 0 Å². The molecule has 1 unspecified atom stereocenters. The van der Waals surface area contributed by atoms with Crippen LogP contribution in [0.15, 0.2) is 12.2 Å². The number of hydrogen-bond acceptors (Lipinski definition) is 3. The average molecular weight is 331 g/mol. The molecule has 0 saturated carbocycles. The molecule has 22 heavy (non-hydrogen) atoms. The highest BCUT2D eigenvalue weighted by Crippen LogP contribution is 2.08. The minimum atomic E-state index is -0.671. The molecule has 4 heteroatoms. The zero-order valence-corrected chi connectivity index (χ0v) is 15.3. The topological polar surface area (TPSA) is 43.4 Å². The number of allylic oxidation sites excluding steroid dienone is 1. The van der Waals surface area contributed by atoms with Gasteiger partial charge in [-0.3, -0.25) is 9.00 Å². The van der Waals surface area contributed by atoms with Gasteiger partial charge >= 0.3 is 5.97 Å². The fraction of sp³-hybridized carbons (Fsp3) is 0.833. The summed E-state index contributed by atoms with van der Waals surface area (Å²) in [4.78, 5) is 10.9. The highest BCUT2D eigenvalue weighted by Gasteiger charge is 1.99. The van der Waals surface area contributed by atoms with E-state index in [0.717, 1.165) is 31.4 Å². The number of ether oxygens (including phenoxy) is 1. The smallest absolute Gasteiger partial charge is 0.305 e. The van der Waals surface area contributed by atoms with E-state index in [4.69, 9.17) is 0 Å². The molecule has 0 aliphatic rings. The molecule has 0 heterocycles. The van der Waals surface area contributed by atoms with Crippen LogP contribution in [0.5, 0.6) is 0 Å². The van der Waals surface area contributed by atoms with Crippen molar-refractivity contribution in [3.63, 3.8) is 0 Å². The van der Waals surface area contributed by atoms with Gasteiger partial charge in [0, 0.05) is 28.7 Å². The lowest BCUT2D eigenvalue weighted by Crippen LogP contribution is -2.00. The lowest BCUT2D eigenvalue weighted by molar-refractivity contribution is -0.140. The largest absolute Gasteiger partial charge is 0.469 e. The summed E-state index contributed by atoms with van der Waals surface area (Å²) >= 11 is 0. The Bertz CT molecular complexity index is 313. The molecule has 1 atom stereocenters. The molecule has 0 aliphatic heterocycles. The zero-order valence-electron chi connectivity index (χ0n) is 14.5. The van der Waals surface area contributed by atoms with Crippen LogP contribution in [0.4, 0.5) is 0 Å². The Morgan fingerprint density at radius 2 is 1.64 bits per heavy atom. The number of esters is 1. The Kier molecular flexibility index (Phi) is 16.2. The first-order valence-corrected chi connectivity index (χ1v) is 10.3. The van der Waals surface area contributed by atoms with Crippen molar-refractivity contribution in [2.45, 2.75) is 77.6 Å². The summed E-state index contributed by atoms with van der Waals surface area (Å²) in [6, 6.07) is 0. The van der Waals surface area contributed by atoms with Gasteiger partial charge in [-0.15, -0.1) is 0 Å². The number of rotatable bonds is 15. The van der Waals surface area contributed by atoms with Gasteiger partial charge in [0.15, 0.2) is 0 Å². The van der Waals surface area contributed by atoms with Gasteiger partial charge in [-0.25, -0.2) is 0 Å². The first-order chi connectivity index (χ1) is 10.7. The van der Waals surface area contributed by atoms with E-state index < -0.39 is 10.8 Å². The third kappa shape index (κ3) is 15.7. The van der Waals surface area contributed by atoms with E-state index in [-0.39, 0.29) is 5.97 Å². The highest BCUT2D eigenvalue weighted by atomic mass is 32.2. The summed E-state index contributed by atoms with van der Waals surface area (Å²) in [5.41, 5.74) is 0. The zero-order chi connectivity index (χ0) is 16.5. The van der Waals surface area contributed by atoms with Gasteiger partial charge in [0.2, 0.25) is 0 Å². The van der Waals surface area contributed by atoms with Gasteiger partial charge in [0.1, 0.15) is 0 Å². The summed E-state index contributed by atoms with van der Waals surface area (Å²) in [6.07, 6.45) is 16.2. The van der Waals surface area contributed by atoms with E-state index in [1.807, 2.05) is 0 Å². The maximum absolute atomic E-state index is 11.7. The SMILES string of the molecule is CCCCCCS(=O)C/C=C\CCCCCCCC(=O)OC. The Morgan fingerprint density at radius 1 is 0.955 bits per heavy atom. The van der Waals surface area contributed by atoms with Crippen molar-refractivity contribution in [3.8, 4) is 0 Å². The fourth-order valence-electron chi connectivity index (χ4n) is 2.23. The second kappa shape index (κ2) is 16.7. The normalized spacial score (nSPS) is 12.6. The molecular weight excluding hydrogens is 296 g/mol. The van der Waals surface area contributed by atoms with Crippen molar-refractivity contribution in [3.05, 3.63) is 12.2 Å². The number of methoxy groups -OCH3 is 1.